The number of alkyl halides is 1. The highest BCUT2D eigenvalue weighted by Gasteiger charge is 2.56. The number of benzene rings is 1. The lowest BCUT2D eigenvalue weighted by Crippen LogP contribution is -2.55. The lowest BCUT2D eigenvalue weighted by Gasteiger charge is -2.46. The molecule has 21 heavy (non-hydrogen) atoms. The first-order valence-electron chi connectivity index (χ1n) is 7.78. The second-order valence-electron chi connectivity index (χ2n) is 6.98. The van der Waals surface area contributed by atoms with Crippen LogP contribution in [0.15, 0.2) is 30.3 Å². The van der Waals surface area contributed by atoms with Crippen molar-refractivity contribution in [3.63, 3.8) is 0 Å². The molecule has 2 nitrogen and oxygen atoms in total. The number of hydrogen-bond acceptors (Lipinski definition) is 1. The van der Waals surface area contributed by atoms with E-state index >= 15 is 0 Å². The van der Waals surface area contributed by atoms with Crippen LogP contribution in [0, 0.1) is 11.8 Å². The largest absolute Gasteiger partial charge is 0.480 e. The van der Waals surface area contributed by atoms with Gasteiger partial charge in [0, 0.05) is 5.41 Å². The molecule has 3 atom stereocenters. The van der Waals surface area contributed by atoms with E-state index in [1.54, 1.807) is 0 Å². The van der Waals surface area contributed by atoms with Gasteiger partial charge in [0.15, 0.2) is 4.87 Å². The van der Waals surface area contributed by atoms with Crippen LogP contribution >= 0.6 is 11.6 Å². The molecule has 0 spiro atoms. The third-order valence-electron chi connectivity index (χ3n) is 5.22. The fourth-order valence-corrected chi connectivity index (χ4v) is 4.12. The Balaban J connectivity index is 2.44. The fourth-order valence-electron chi connectivity index (χ4n) is 3.81. The maximum atomic E-state index is 12.1. The second kappa shape index (κ2) is 6.00. The van der Waals surface area contributed by atoms with Crippen LogP contribution in [0.1, 0.15) is 52.0 Å². The van der Waals surface area contributed by atoms with Gasteiger partial charge < -0.3 is 5.11 Å². The summed E-state index contributed by atoms with van der Waals surface area (Å²) in [6, 6.07) is 9.79. The summed E-state index contributed by atoms with van der Waals surface area (Å²) < 4.78 is 0. The Morgan fingerprint density at radius 2 is 1.86 bits per heavy atom. The molecule has 2 rings (SSSR count). The van der Waals surface area contributed by atoms with E-state index in [4.69, 9.17) is 11.6 Å². The van der Waals surface area contributed by atoms with Crippen molar-refractivity contribution in [2.75, 3.05) is 0 Å². The average molecular weight is 309 g/mol. The summed E-state index contributed by atoms with van der Waals surface area (Å²) in [4.78, 5) is 10.9. The lowest BCUT2D eigenvalue weighted by atomic mass is 9.62. The molecular formula is C18H25ClO2. The molecule has 1 aliphatic carbocycles. The predicted octanol–water partition coefficient (Wildman–Crippen LogP) is 4.85. The Labute approximate surface area is 132 Å². The van der Waals surface area contributed by atoms with Gasteiger partial charge in [-0.25, -0.2) is 0 Å². The zero-order chi connectivity index (χ0) is 15.7. The molecule has 0 aromatic heterocycles. The third kappa shape index (κ3) is 2.83. The van der Waals surface area contributed by atoms with E-state index in [9.17, 15) is 9.90 Å². The Hall–Kier alpha value is -1.02. The van der Waals surface area contributed by atoms with Crippen molar-refractivity contribution >= 4 is 17.6 Å². The van der Waals surface area contributed by atoms with Crippen molar-refractivity contribution in [3.8, 4) is 0 Å². The molecule has 3 heteroatoms. The Kier molecular flexibility index (Phi) is 4.67. The molecule has 0 radical (unpaired) electrons. The zero-order valence-corrected chi connectivity index (χ0v) is 13.9. The van der Waals surface area contributed by atoms with Gasteiger partial charge in [0.2, 0.25) is 0 Å². The summed E-state index contributed by atoms with van der Waals surface area (Å²) in [5, 5.41) is 9.94. The molecule has 1 fully saturated rings. The molecule has 1 aliphatic rings. The summed E-state index contributed by atoms with van der Waals surface area (Å²) in [6.07, 6.45) is 4.04. The van der Waals surface area contributed by atoms with Crippen LogP contribution in [0.5, 0.6) is 0 Å². The summed E-state index contributed by atoms with van der Waals surface area (Å²) in [5.41, 5.74) is 0.365. The summed E-state index contributed by atoms with van der Waals surface area (Å²) in [5.74, 6) is -0.333. The maximum Gasteiger partial charge on any atom is 0.325 e. The summed E-state index contributed by atoms with van der Waals surface area (Å²) >= 11 is 6.84. The Morgan fingerprint density at radius 1 is 1.24 bits per heavy atom. The van der Waals surface area contributed by atoms with Gasteiger partial charge >= 0.3 is 5.97 Å². The van der Waals surface area contributed by atoms with Crippen molar-refractivity contribution in [3.05, 3.63) is 35.9 Å². The van der Waals surface area contributed by atoms with Gasteiger partial charge in [0.25, 0.3) is 0 Å². The van der Waals surface area contributed by atoms with Crippen LogP contribution in [-0.4, -0.2) is 16.0 Å². The van der Waals surface area contributed by atoms with Crippen LogP contribution in [0.3, 0.4) is 0 Å². The molecule has 1 saturated carbocycles. The van der Waals surface area contributed by atoms with Crippen molar-refractivity contribution in [2.45, 2.75) is 56.7 Å². The van der Waals surface area contributed by atoms with Crippen LogP contribution < -0.4 is 0 Å². The number of hydrogen-bond donors (Lipinski definition) is 1. The van der Waals surface area contributed by atoms with Crippen LogP contribution in [0.2, 0.25) is 0 Å². The number of carboxylic acid groups (broad SMARTS) is 1. The van der Waals surface area contributed by atoms with Gasteiger partial charge in [-0.3, -0.25) is 4.79 Å². The molecule has 116 valence electrons. The average Bonchev–Trinajstić information content (AvgIpc) is 2.46. The van der Waals surface area contributed by atoms with Gasteiger partial charge in [-0.2, -0.15) is 0 Å². The van der Waals surface area contributed by atoms with Gasteiger partial charge in [-0.15, -0.1) is 11.6 Å². The number of halogens is 1. The molecule has 0 amide bonds. The highest BCUT2D eigenvalue weighted by molar-refractivity contribution is 6.35. The van der Waals surface area contributed by atoms with E-state index < -0.39 is 16.3 Å². The van der Waals surface area contributed by atoms with Gasteiger partial charge in [0.05, 0.1) is 0 Å². The van der Waals surface area contributed by atoms with Crippen LogP contribution in [-0.2, 0) is 10.2 Å². The first kappa shape index (κ1) is 16.4. The standard InChI is InChI=1S/C18H25ClO2/c1-13-8-7-11-15(12-13)18(19,16(20)21)17(2,3)14-9-5-4-6-10-14/h4-6,9-10,13,15H,7-8,11-12H2,1-3H3,(H,20,21)/t13-,15-,18-/m1/s1. The third-order valence-corrected chi connectivity index (χ3v) is 6.16. The minimum atomic E-state index is -1.26. The topological polar surface area (TPSA) is 37.3 Å². The van der Waals surface area contributed by atoms with Gasteiger partial charge in [-0.1, -0.05) is 63.9 Å². The minimum Gasteiger partial charge on any atom is -0.480 e. The highest BCUT2D eigenvalue weighted by Crippen LogP contribution is 2.50. The zero-order valence-electron chi connectivity index (χ0n) is 13.1. The molecule has 0 saturated heterocycles. The number of rotatable bonds is 4. The van der Waals surface area contributed by atoms with Crippen molar-refractivity contribution in [1.29, 1.82) is 0 Å². The molecule has 1 aromatic rings. The van der Waals surface area contributed by atoms with E-state index in [1.807, 2.05) is 44.2 Å². The first-order valence-corrected chi connectivity index (χ1v) is 8.15. The second-order valence-corrected chi connectivity index (χ2v) is 7.57. The molecule has 1 aromatic carbocycles. The molecular weight excluding hydrogens is 284 g/mol. The maximum absolute atomic E-state index is 12.1. The van der Waals surface area contributed by atoms with E-state index in [-0.39, 0.29) is 5.92 Å². The predicted molar refractivity (Wildman–Crippen MR) is 86.8 cm³/mol. The molecule has 0 heterocycles. The fraction of sp³-hybridized carbons (Fsp3) is 0.611. The number of carbonyl (C=O) groups is 1. The SMILES string of the molecule is C[C@@H]1CCC[C@@H]([C@@](Cl)(C(=O)O)C(C)(C)c2ccccc2)C1. The smallest absolute Gasteiger partial charge is 0.325 e. The summed E-state index contributed by atoms with van der Waals surface area (Å²) in [6.45, 7) is 6.12. The van der Waals surface area contributed by atoms with Gasteiger partial charge in [-0.05, 0) is 30.2 Å². The Morgan fingerprint density at radius 3 is 2.38 bits per heavy atom. The Bertz CT molecular complexity index is 497. The van der Waals surface area contributed by atoms with Crippen LogP contribution in [0.4, 0.5) is 0 Å². The van der Waals surface area contributed by atoms with Crippen LogP contribution in [0.25, 0.3) is 0 Å². The summed E-state index contributed by atoms with van der Waals surface area (Å²) in [7, 11) is 0. The van der Waals surface area contributed by atoms with E-state index in [1.165, 1.54) is 6.42 Å². The van der Waals surface area contributed by atoms with Gasteiger partial charge in [0.1, 0.15) is 0 Å². The van der Waals surface area contributed by atoms with E-state index in [0.29, 0.717) is 5.92 Å². The molecule has 1 N–H and O–H groups in total. The van der Waals surface area contributed by atoms with E-state index in [0.717, 1.165) is 24.8 Å². The highest BCUT2D eigenvalue weighted by atomic mass is 35.5. The molecule has 0 aliphatic heterocycles. The van der Waals surface area contributed by atoms with E-state index in [2.05, 4.69) is 6.92 Å². The van der Waals surface area contributed by atoms with Crippen molar-refractivity contribution < 1.29 is 9.90 Å². The molecule has 0 unspecified atom stereocenters. The van der Waals surface area contributed by atoms with Crippen molar-refractivity contribution in [2.24, 2.45) is 11.8 Å². The number of carboxylic acids is 1. The normalized spacial score (nSPS) is 26.1. The molecule has 0 bridgehead atoms. The quantitative estimate of drug-likeness (QED) is 0.807. The number of aliphatic carboxylic acids is 1. The minimum absolute atomic E-state index is 0.00984. The van der Waals surface area contributed by atoms with Crippen molar-refractivity contribution in [1.82, 2.24) is 0 Å². The first-order chi connectivity index (χ1) is 9.80. The lowest BCUT2D eigenvalue weighted by molar-refractivity contribution is -0.145. The monoisotopic (exact) mass is 308 g/mol.